The number of phenolic OH excluding ortho intramolecular Hbond substituents is 1. The SMILES string of the molecule is O=C(N/N=C/c1cc(Cl)ccc1O)c1cccc(S(=O)(=O)N2CCCC2)c1. The van der Waals surface area contributed by atoms with Crippen LogP contribution in [0.5, 0.6) is 5.75 Å². The number of rotatable bonds is 5. The molecule has 0 aromatic heterocycles. The molecule has 0 aliphatic carbocycles. The molecule has 1 aliphatic heterocycles. The van der Waals surface area contributed by atoms with Crippen LogP contribution in [0.25, 0.3) is 0 Å². The van der Waals surface area contributed by atoms with Crippen LogP contribution < -0.4 is 5.43 Å². The van der Waals surface area contributed by atoms with Gasteiger partial charge in [-0.2, -0.15) is 9.41 Å². The molecule has 1 heterocycles. The highest BCUT2D eigenvalue weighted by Crippen LogP contribution is 2.22. The van der Waals surface area contributed by atoms with Crippen LogP contribution in [0.4, 0.5) is 0 Å². The summed E-state index contributed by atoms with van der Waals surface area (Å²) in [5, 5.41) is 13.9. The van der Waals surface area contributed by atoms with E-state index in [-0.39, 0.29) is 16.2 Å². The third-order valence-electron chi connectivity index (χ3n) is 4.16. The highest BCUT2D eigenvalue weighted by molar-refractivity contribution is 7.89. The molecular formula is C18H18ClN3O4S. The van der Waals surface area contributed by atoms with Gasteiger partial charge in [-0.3, -0.25) is 4.79 Å². The predicted octanol–water partition coefficient (Wildman–Crippen LogP) is 2.59. The summed E-state index contributed by atoms with van der Waals surface area (Å²) in [7, 11) is -3.60. The fourth-order valence-electron chi connectivity index (χ4n) is 2.73. The van der Waals surface area contributed by atoms with E-state index < -0.39 is 15.9 Å². The lowest BCUT2D eigenvalue weighted by molar-refractivity contribution is 0.0955. The minimum Gasteiger partial charge on any atom is -0.507 e. The number of nitrogens with zero attached hydrogens (tertiary/aromatic N) is 2. The Balaban J connectivity index is 1.74. The number of carbonyl (C=O) groups is 1. The molecular weight excluding hydrogens is 390 g/mol. The Hall–Kier alpha value is -2.42. The molecule has 0 spiro atoms. The number of phenols is 1. The maximum Gasteiger partial charge on any atom is 0.271 e. The molecule has 0 atom stereocenters. The van der Waals surface area contributed by atoms with E-state index in [1.807, 2.05) is 0 Å². The first-order chi connectivity index (χ1) is 12.9. The molecule has 1 amide bonds. The average molecular weight is 408 g/mol. The van der Waals surface area contributed by atoms with E-state index in [4.69, 9.17) is 11.6 Å². The lowest BCUT2D eigenvalue weighted by Crippen LogP contribution is -2.28. The topological polar surface area (TPSA) is 99.1 Å². The van der Waals surface area contributed by atoms with Crippen LogP contribution in [0, 0.1) is 0 Å². The third-order valence-corrected chi connectivity index (χ3v) is 6.29. The van der Waals surface area contributed by atoms with E-state index in [1.54, 1.807) is 0 Å². The summed E-state index contributed by atoms with van der Waals surface area (Å²) in [6, 6.07) is 10.3. The van der Waals surface area contributed by atoms with Crippen molar-refractivity contribution in [3.05, 3.63) is 58.6 Å². The summed E-state index contributed by atoms with van der Waals surface area (Å²) in [5.74, 6) is -0.595. The van der Waals surface area contributed by atoms with Crippen molar-refractivity contribution in [2.45, 2.75) is 17.7 Å². The van der Waals surface area contributed by atoms with Gasteiger partial charge in [-0.05, 0) is 49.2 Å². The number of carbonyl (C=O) groups excluding carboxylic acids is 1. The molecule has 1 saturated heterocycles. The van der Waals surface area contributed by atoms with Crippen molar-refractivity contribution < 1.29 is 18.3 Å². The molecule has 1 aliphatic rings. The summed E-state index contributed by atoms with van der Waals surface area (Å²) >= 11 is 5.85. The van der Waals surface area contributed by atoms with Crippen molar-refractivity contribution in [2.75, 3.05) is 13.1 Å². The molecule has 27 heavy (non-hydrogen) atoms. The van der Waals surface area contributed by atoms with Crippen LogP contribution in [-0.4, -0.2) is 43.0 Å². The Morgan fingerprint density at radius 3 is 2.67 bits per heavy atom. The molecule has 7 nitrogen and oxygen atoms in total. The smallest absolute Gasteiger partial charge is 0.271 e. The Morgan fingerprint density at radius 2 is 1.93 bits per heavy atom. The number of nitrogens with one attached hydrogen (secondary N) is 1. The first-order valence-corrected chi connectivity index (χ1v) is 10.1. The molecule has 2 N–H and O–H groups in total. The fourth-order valence-corrected chi connectivity index (χ4v) is 4.47. The maximum absolute atomic E-state index is 12.6. The van der Waals surface area contributed by atoms with Gasteiger partial charge in [-0.15, -0.1) is 0 Å². The van der Waals surface area contributed by atoms with E-state index in [0.29, 0.717) is 23.7 Å². The van der Waals surface area contributed by atoms with Gasteiger partial charge >= 0.3 is 0 Å². The molecule has 1 fully saturated rings. The van der Waals surface area contributed by atoms with Gasteiger partial charge in [0, 0.05) is 29.2 Å². The first kappa shape index (κ1) is 19.3. The van der Waals surface area contributed by atoms with E-state index in [0.717, 1.165) is 12.8 Å². The lowest BCUT2D eigenvalue weighted by Gasteiger charge is -2.15. The number of halogens is 1. The van der Waals surface area contributed by atoms with Gasteiger partial charge in [0.15, 0.2) is 0 Å². The zero-order valence-corrected chi connectivity index (χ0v) is 15.9. The quantitative estimate of drug-likeness (QED) is 0.587. The monoisotopic (exact) mass is 407 g/mol. The lowest BCUT2D eigenvalue weighted by atomic mass is 10.2. The van der Waals surface area contributed by atoms with E-state index in [1.165, 1.54) is 53.0 Å². The number of hydrogen-bond donors (Lipinski definition) is 2. The number of sulfonamides is 1. The second-order valence-electron chi connectivity index (χ2n) is 6.04. The zero-order chi connectivity index (χ0) is 19.4. The minimum absolute atomic E-state index is 0.0314. The van der Waals surface area contributed by atoms with Gasteiger partial charge in [0.25, 0.3) is 5.91 Å². The molecule has 142 valence electrons. The Bertz CT molecular complexity index is 986. The van der Waals surface area contributed by atoms with E-state index in [2.05, 4.69) is 10.5 Å². The van der Waals surface area contributed by atoms with Crippen molar-refractivity contribution >= 4 is 33.7 Å². The summed E-state index contributed by atoms with van der Waals surface area (Å²) < 4.78 is 26.6. The number of amides is 1. The summed E-state index contributed by atoms with van der Waals surface area (Å²) in [6.45, 7) is 0.984. The number of benzene rings is 2. The van der Waals surface area contributed by atoms with Crippen molar-refractivity contribution in [2.24, 2.45) is 5.10 Å². The highest BCUT2D eigenvalue weighted by Gasteiger charge is 2.27. The van der Waals surface area contributed by atoms with Crippen LogP contribution in [0.2, 0.25) is 5.02 Å². The predicted molar refractivity (Wildman–Crippen MR) is 103 cm³/mol. The summed E-state index contributed by atoms with van der Waals surface area (Å²) in [4.78, 5) is 12.3. The molecule has 0 bridgehead atoms. The zero-order valence-electron chi connectivity index (χ0n) is 14.3. The van der Waals surface area contributed by atoms with Crippen LogP contribution >= 0.6 is 11.6 Å². The number of hydrazone groups is 1. The number of aromatic hydroxyl groups is 1. The molecule has 2 aromatic rings. The van der Waals surface area contributed by atoms with Crippen LogP contribution in [0.3, 0.4) is 0 Å². The fraction of sp³-hybridized carbons (Fsp3) is 0.222. The van der Waals surface area contributed by atoms with Crippen molar-refractivity contribution in [1.29, 1.82) is 0 Å². The largest absolute Gasteiger partial charge is 0.507 e. The second-order valence-corrected chi connectivity index (χ2v) is 8.42. The van der Waals surface area contributed by atoms with Gasteiger partial charge in [0.05, 0.1) is 11.1 Å². The molecule has 0 radical (unpaired) electrons. The molecule has 2 aromatic carbocycles. The number of hydrogen-bond acceptors (Lipinski definition) is 5. The van der Waals surface area contributed by atoms with Gasteiger partial charge in [-0.25, -0.2) is 13.8 Å². The van der Waals surface area contributed by atoms with Gasteiger partial charge in [-0.1, -0.05) is 17.7 Å². The normalized spacial score (nSPS) is 15.3. The Kier molecular flexibility index (Phi) is 5.79. The first-order valence-electron chi connectivity index (χ1n) is 8.30. The van der Waals surface area contributed by atoms with Crippen LogP contribution in [-0.2, 0) is 10.0 Å². The molecule has 0 saturated carbocycles. The van der Waals surface area contributed by atoms with Crippen molar-refractivity contribution in [1.82, 2.24) is 9.73 Å². The highest BCUT2D eigenvalue weighted by atomic mass is 35.5. The molecule has 3 rings (SSSR count). The summed E-state index contributed by atoms with van der Waals surface area (Å²) in [6.07, 6.45) is 2.93. The van der Waals surface area contributed by atoms with Gasteiger partial charge < -0.3 is 5.11 Å². The third kappa shape index (κ3) is 4.47. The minimum atomic E-state index is -3.60. The molecule has 9 heteroatoms. The van der Waals surface area contributed by atoms with E-state index >= 15 is 0 Å². The van der Waals surface area contributed by atoms with Crippen LogP contribution in [0.1, 0.15) is 28.8 Å². The van der Waals surface area contributed by atoms with E-state index in [9.17, 15) is 18.3 Å². The molecule has 0 unspecified atom stereocenters. The Labute approximate surface area is 162 Å². The maximum atomic E-state index is 12.6. The van der Waals surface area contributed by atoms with Crippen LogP contribution in [0.15, 0.2) is 52.5 Å². The standard InChI is InChI=1S/C18H18ClN3O4S/c19-15-6-7-17(23)14(10-15)12-20-21-18(24)13-4-3-5-16(11-13)27(25,26)22-8-1-2-9-22/h3-7,10-12,23H,1-2,8-9H2,(H,21,24)/b20-12+. The van der Waals surface area contributed by atoms with Gasteiger partial charge in [0.1, 0.15) is 5.75 Å². The Morgan fingerprint density at radius 1 is 1.19 bits per heavy atom. The van der Waals surface area contributed by atoms with Crippen molar-refractivity contribution in [3.8, 4) is 5.75 Å². The second kappa shape index (κ2) is 8.08. The van der Waals surface area contributed by atoms with Crippen molar-refractivity contribution in [3.63, 3.8) is 0 Å². The van der Waals surface area contributed by atoms with Gasteiger partial charge in [0.2, 0.25) is 10.0 Å². The summed E-state index contributed by atoms with van der Waals surface area (Å²) in [5.41, 5.74) is 2.82. The average Bonchev–Trinajstić information content (AvgIpc) is 3.20.